The maximum Gasteiger partial charge on any atom is 0.222 e. The summed E-state index contributed by atoms with van der Waals surface area (Å²) in [5, 5.41) is 1.09. The van der Waals surface area contributed by atoms with E-state index in [9.17, 15) is 0 Å². The maximum atomic E-state index is 5.90. The second-order valence-electron chi connectivity index (χ2n) is 4.82. The van der Waals surface area contributed by atoms with E-state index in [1.807, 2.05) is 31.2 Å². The van der Waals surface area contributed by atoms with E-state index in [1.54, 1.807) is 25.3 Å². The Balaban J connectivity index is 2.05. The summed E-state index contributed by atoms with van der Waals surface area (Å²) in [5.74, 6) is 1.74. The topological polar surface area (TPSA) is 57.4 Å². The molecule has 21 heavy (non-hydrogen) atoms. The largest absolute Gasteiger partial charge is 0.493 e. The van der Waals surface area contributed by atoms with E-state index < -0.39 is 0 Å². The fourth-order valence-electron chi connectivity index (χ4n) is 2.18. The minimum absolute atomic E-state index is 0.553. The number of anilines is 1. The van der Waals surface area contributed by atoms with Gasteiger partial charge in [-0.3, -0.25) is 0 Å². The molecule has 1 aromatic heterocycles. The molecule has 0 fully saturated rings. The third-order valence-electron chi connectivity index (χ3n) is 3.26. The molecule has 106 valence electrons. The fraction of sp³-hybridized carbons (Fsp3) is 0.118. The lowest BCUT2D eigenvalue weighted by Gasteiger charge is -2.12. The van der Waals surface area contributed by atoms with Gasteiger partial charge in [0.2, 0.25) is 5.88 Å². The van der Waals surface area contributed by atoms with Crippen molar-refractivity contribution in [3.8, 4) is 17.4 Å². The summed E-state index contributed by atoms with van der Waals surface area (Å²) in [6.45, 7) is 1.97. The summed E-state index contributed by atoms with van der Waals surface area (Å²) >= 11 is 0. The van der Waals surface area contributed by atoms with Gasteiger partial charge in [-0.2, -0.15) is 0 Å². The van der Waals surface area contributed by atoms with Crippen LogP contribution in [0.1, 0.15) is 5.56 Å². The third kappa shape index (κ3) is 2.60. The smallest absolute Gasteiger partial charge is 0.222 e. The molecular weight excluding hydrogens is 264 g/mol. The number of fused-ring (bicyclic) bond motifs is 1. The molecule has 0 aliphatic heterocycles. The zero-order valence-corrected chi connectivity index (χ0v) is 12.0. The number of aryl methyl sites for hydroxylation is 1. The molecular formula is C17H16N2O2. The number of benzene rings is 2. The van der Waals surface area contributed by atoms with Crippen LogP contribution in [0, 0.1) is 6.92 Å². The Labute approximate surface area is 123 Å². The minimum Gasteiger partial charge on any atom is -0.493 e. The van der Waals surface area contributed by atoms with Crippen molar-refractivity contribution in [2.45, 2.75) is 6.92 Å². The second kappa shape index (κ2) is 5.32. The van der Waals surface area contributed by atoms with Gasteiger partial charge in [0.05, 0.1) is 12.6 Å². The molecule has 3 aromatic rings. The highest BCUT2D eigenvalue weighted by Crippen LogP contribution is 2.34. The standard InChI is InChI=1S/C17H16N2O2/c1-11-9-12-5-3-4-6-14(12)19-17(11)21-16-10-13(18)7-8-15(16)20-2/h3-10H,18H2,1-2H3. The number of nitrogen functional groups attached to an aromatic ring is 1. The highest BCUT2D eigenvalue weighted by molar-refractivity contribution is 5.80. The van der Waals surface area contributed by atoms with Crippen molar-refractivity contribution in [2.75, 3.05) is 12.8 Å². The van der Waals surface area contributed by atoms with E-state index in [4.69, 9.17) is 15.2 Å². The van der Waals surface area contributed by atoms with Gasteiger partial charge in [-0.05, 0) is 31.2 Å². The highest BCUT2D eigenvalue weighted by Gasteiger charge is 2.10. The van der Waals surface area contributed by atoms with Crippen LogP contribution in [-0.4, -0.2) is 12.1 Å². The number of ether oxygens (including phenoxy) is 2. The van der Waals surface area contributed by atoms with E-state index in [1.165, 1.54) is 0 Å². The van der Waals surface area contributed by atoms with Gasteiger partial charge in [0, 0.05) is 22.7 Å². The summed E-state index contributed by atoms with van der Waals surface area (Å²) in [5.41, 5.74) is 8.27. The van der Waals surface area contributed by atoms with E-state index in [0.717, 1.165) is 16.5 Å². The van der Waals surface area contributed by atoms with Crippen molar-refractivity contribution < 1.29 is 9.47 Å². The van der Waals surface area contributed by atoms with E-state index in [0.29, 0.717) is 23.1 Å². The van der Waals surface area contributed by atoms with Gasteiger partial charge in [-0.25, -0.2) is 4.98 Å². The van der Waals surface area contributed by atoms with Crippen LogP contribution in [0.25, 0.3) is 10.9 Å². The predicted molar refractivity (Wildman–Crippen MR) is 84.0 cm³/mol. The first-order chi connectivity index (χ1) is 10.2. The van der Waals surface area contributed by atoms with Gasteiger partial charge in [-0.15, -0.1) is 0 Å². The molecule has 0 radical (unpaired) electrons. The number of hydrogen-bond acceptors (Lipinski definition) is 4. The molecule has 0 bridgehead atoms. The Morgan fingerprint density at radius 2 is 1.81 bits per heavy atom. The lowest BCUT2D eigenvalue weighted by atomic mass is 10.2. The fourth-order valence-corrected chi connectivity index (χ4v) is 2.18. The first-order valence-corrected chi connectivity index (χ1v) is 6.65. The predicted octanol–water partition coefficient (Wildman–Crippen LogP) is 3.93. The lowest BCUT2D eigenvalue weighted by Crippen LogP contribution is -1.96. The number of para-hydroxylation sites is 1. The molecule has 4 nitrogen and oxygen atoms in total. The van der Waals surface area contributed by atoms with Crippen LogP contribution in [0.2, 0.25) is 0 Å². The van der Waals surface area contributed by atoms with Crippen molar-refractivity contribution in [3.05, 3.63) is 54.1 Å². The maximum absolute atomic E-state index is 5.90. The average Bonchev–Trinajstić information content (AvgIpc) is 2.48. The third-order valence-corrected chi connectivity index (χ3v) is 3.26. The van der Waals surface area contributed by atoms with E-state index in [-0.39, 0.29) is 0 Å². The number of nitrogens with zero attached hydrogens (tertiary/aromatic N) is 1. The number of methoxy groups -OCH3 is 1. The van der Waals surface area contributed by atoms with Crippen LogP contribution in [-0.2, 0) is 0 Å². The van der Waals surface area contributed by atoms with Gasteiger partial charge >= 0.3 is 0 Å². The quantitative estimate of drug-likeness (QED) is 0.739. The van der Waals surface area contributed by atoms with Crippen LogP contribution in [0.5, 0.6) is 17.4 Å². The molecule has 0 saturated heterocycles. The van der Waals surface area contributed by atoms with Gasteiger partial charge < -0.3 is 15.2 Å². The first-order valence-electron chi connectivity index (χ1n) is 6.65. The lowest BCUT2D eigenvalue weighted by molar-refractivity contribution is 0.374. The molecule has 0 amide bonds. The van der Waals surface area contributed by atoms with Crippen molar-refractivity contribution in [1.29, 1.82) is 0 Å². The monoisotopic (exact) mass is 280 g/mol. The SMILES string of the molecule is COc1ccc(N)cc1Oc1nc2ccccc2cc1C. The number of rotatable bonds is 3. The van der Waals surface area contributed by atoms with Gasteiger partial charge in [0.15, 0.2) is 11.5 Å². The second-order valence-corrected chi connectivity index (χ2v) is 4.82. The Kier molecular flexibility index (Phi) is 3.36. The summed E-state index contributed by atoms with van der Waals surface area (Å²) in [6.07, 6.45) is 0. The van der Waals surface area contributed by atoms with Crippen LogP contribution in [0.15, 0.2) is 48.5 Å². The Hall–Kier alpha value is -2.75. The summed E-state index contributed by atoms with van der Waals surface area (Å²) in [7, 11) is 1.60. The molecule has 0 spiro atoms. The van der Waals surface area contributed by atoms with Crippen molar-refractivity contribution in [1.82, 2.24) is 4.98 Å². The number of hydrogen-bond donors (Lipinski definition) is 1. The van der Waals surface area contributed by atoms with E-state index >= 15 is 0 Å². The van der Waals surface area contributed by atoms with E-state index in [2.05, 4.69) is 11.1 Å². The molecule has 1 heterocycles. The van der Waals surface area contributed by atoms with Crippen molar-refractivity contribution in [2.24, 2.45) is 0 Å². The van der Waals surface area contributed by atoms with Crippen LogP contribution >= 0.6 is 0 Å². The molecule has 0 unspecified atom stereocenters. The Bertz CT molecular complexity index is 800. The molecule has 0 aliphatic carbocycles. The average molecular weight is 280 g/mol. The number of nitrogens with two attached hydrogens (primary N) is 1. The minimum atomic E-state index is 0.553. The van der Waals surface area contributed by atoms with Crippen molar-refractivity contribution in [3.63, 3.8) is 0 Å². The first kappa shape index (κ1) is 13.2. The van der Waals surface area contributed by atoms with Crippen molar-refractivity contribution >= 4 is 16.6 Å². The normalized spacial score (nSPS) is 10.6. The molecule has 0 aliphatic rings. The van der Waals surface area contributed by atoms with Crippen LogP contribution < -0.4 is 15.2 Å². The molecule has 4 heteroatoms. The highest BCUT2D eigenvalue weighted by atomic mass is 16.5. The summed E-state index contributed by atoms with van der Waals surface area (Å²) in [6, 6.07) is 15.3. The summed E-state index contributed by atoms with van der Waals surface area (Å²) in [4.78, 5) is 4.56. The molecule has 0 saturated carbocycles. The van der Waals surface area contributed by atoms with Gasteiger partial charge in [-0.1, -0.05) is 18.2 Å². The molecule has 3 rings (SSSR count). The Morgan fingerprint density at radius 1 is 1.00 bits per heavy atom. The zero-order valence-electron chi connectivity index (χ0n) is 12.0. The Morgan fingerprint density at radius 3 is 2.62 bits per heavy atom. The van der Waals surface area contributed by atoms with Gasteiger partial charge in [0.1, 0.15) is 0 Å². The van der Waals surface area contributed by atoms with Crippen LogP contribution in [0.3, 0.4) is 0 Å². The van der Waals surface area contributed by atoms with Gasteiger partial charge in [0.25, 0.3) is 0 Å². The molecule has 0 atom stereocenters. The molecule has 2 N–H and O–H groups in total. The number of pyridine rings is 1. The molecule has 2 aromatic carbocycles. The zero-order chi connectivity index (χ0) is 14.8. The summed E-state index contributed by atoms with van der Waals surface area (Å²) < 4.78 is 11.2. The van der Waals surface area contributed by atoms with Crippen LogP contribution in [0.4, 0.5) is 5.69 Å². The number of aromatic nitrogens is 1.